The van der Waals surface area contributed by atoms with Gasteiger partial charge in [-0.1, -0.05) is 24.8 Å². The number of amides is 2. The Labute approximate surface area is 222 Å². The second-order valence-electron chi connectivity index (χ2n) is 8.97. The van der Waals surface area contributed by atoms with Crippen LogP contribution in [0.5, 0.6) is 0 Å². The highest BCUT2D eigenvalue weighted by atomic mass is 32.1. The maximum Gasteiger partial charge on any atom is 0.414 e. The number of benzene rings is 1. The number of nitrogens with zero attached hydrogens (tertiary/aromatic N) is 2. The Kier molecular flexibility index (Phi) is 9.16. The van der Waals surface area contributed by atoms with E-state index in [2.05, 4.69) is 22.9 Å². The van der Waals surface area contributed by atoms with Crippen LogP contribution in [0.2, 0.25) is 0 Å². The molecule has 2 amide bonds. The van der Waals surface area contributed by atoms with Gasteiger partial charge in [0.15, 0.2) is 5.69 Å². The molecule has 0 radical (unpaired) electrons. The minimum Gasteiger partial charge on any atom is -0.444 e. The molecule has 0 atom stereocenters. The molecule has 196 valence electrons. The molecule has 1 saturated heterocycles. The summed E-state index contributed by atoms with van der Waals surface area (Å²) in [4.78, 5) is 36.1. The van der Waals surface area contributed by atoms with E-state index in [0.717, 1.165) is 55.0 Å². The molecule has 9 heteroatoms. The average Bonchev–Trinajstić information content (AvgIpc) is 3.43. The van der Waals surface area contributed by atoms with Crippen molar-refractivity contribution in [3.05, 3.63) is 82.2 Å². The van der Waals surface area contributed by atoms with E-state index in [-0.39, 0.29) is 24.6 Å². The summed E-state index contributed by atoms with van der Waals surface area (Å²) in [6, 6.07) is 9.84. The fourth-order valence-electron chi connectivity index (χ4n) is 4.82. The van der Waals surface area contributed by atoms with Crippen molar-refractivity contribution in [2.45, 2.75) is 32.2 Å². The lowest BCUT2D eigenvalue weighted by atomic mass is 9.99. The predicted octanol–water partition coefficient (Wildman–Crippen LogP) is 3.91. The number of ether oxygens (including phenoxy) is 1. The molecular formula is C28H35N4O4S+. The first-order chi connectivity index (χ1) is 18.0. The quantitative estimate of drug-likeness (QED) is 0.364. The number of nitrogens with one attached hydrogen (secondary N) is 1. The molecule has 0 unspecified atom stereocenters. The summed E-state index contributed by atoms with van der Waals surface area (Å²) in [5, 5.41) is 5.05. The van der Waals surface area contributed by atoms with Gasteiger partial charge in [-0.15, -0.1) is 11.3 Å². The molecule has 2 aliphatic heterocycles. The summed E-state index contributed by atoms with van der Waals surface area (Å²) < 4.78 is 5.42. The summed E-state index contributed by atoms with van der Waals surface area (Å²) in [6.45, 7) is 8.19. The standard InChI is InChI=1S/C28H34N4O4S/c1-4-7-25-20(5-2)19-36-28(34)32(25)22-12-15-31(16-13-22)26-10-9-21(18-24(26)30-35-3)27(33)29-14-11-23-8-6-17-37-23/h4-10,17-18,22,30H,2,11-16,19H2,1,3H3,(H,29,33)/p+1/b7-4-. The number of quaternary nitrogens is 1. The van der Waals surface area contributed by atoms with Crippen molar-refractivity contribution in [1.82, 2.24) is 10.2 Å². The minimum absolute atomic E-state index is 0.0356. The highest BCUT2D eigenvalue weighted by molar-refractivity contribution is 7.09. The van der Waals surface area contributed by atoms with E-state index in [0.29, 0.717) is 12.1 Å². The highest BCUT2D eigenvalue weighted by Crippen LogP contribution is 2.32. The Balaban J connectivity index is 1.43. The van der Waals surface area contributed by atoms with Gasteiger partial charge in [-0.25, -0.2) is 9.63 Å². The first-order valence-electron chi connectivity index (χ1n) is 12.6. The number of nitrogens with two attached hydrogens (primary N) is 1. The minimum atomic E-state index is -0.306. The van der Waals surface area contributed by atoms with Gasteiger partial charge in [0.2, 0.25) is 0 Å². The van der Waals surface area contributed by atoms with E-state index in [9.17, 15) is 9.59 Å². The number of allylic oxidation sites excluding steroid dienone is 2. The topological polar surface area (TPSA) is 87.7 Å². The Morgan fingerprint density at radius 1 is 1.32 bits per heavy atom. The zero-order chi connectivity index (χ0) is 26.2. The van der Waals surface area contributed by atoms with Crippen molar-refractivity contribution >= 4 is 34.7 Å². The number of carbonyl (C=O) groups is 2. The Bertz CT molecular complexity index is 1170. The van der Waals surface area contributed by atoms with Crippen LogP contribution in [0.1, 0.15) is 35.0 Å². The van der Waals surface area contributed by atoms with Crippen molar-refractivity contribution in [3.8, 4) is 0 Å². The molecule has 2 aromatic rings. The van der Waals surface area contributed by atoms with Crippen LogP contribution in [0, 0.1) is 0 Å². The fourth-order valence-corrected chi connectivity index (χ4v) is 5.53. The van der Waals surface area contributed by atoms with Gasteiger partial charge in [0.05, 0.1) is 12.8 Å². The van der Waals surface area contributed by atoms with Crippen LogP contribution in [-0.4, -0.2) is 56.3 Å². The molecule has 8 nitrogen and oxygen atoms in total. The van der Waals surface area contributed by atoms with E-state index in [1.54, 1.807) is 34.9 Å². The molecule has 2 aliphatic rings. The van der Waals surface area contributed by atoms with Crippen LogP contribution in [0.15, 0.2) is 71.8 Å². The third-order valence-corrected chi connectivity index (χ3v) is 7.59. The molecule has 1 aromatic heterocycles. The number of hydrogen-bond donors (Lipinski definition) is 2. The number of anilines is 1. The van der Waals surface area contributed by atoms with Gasteiger partial charge >= 0.3 is 6.09 Å². The number of hydrogen-bond acceptors (Lipinski definition) is 6. The second kappa shape index (κ2) is 12.7. The molecule has 3 N–H and O–H groups in total. The molecule has 0 saturated carbocycles. The maximum atomic E-state index is 12.8. The molecule has 0 bridgehead atoms. The first kappa shape index (κ1) is 26.7. The summed E-state index contributed by atoms with van der Waals surface area (Å²) in [6.07, 6.45) is 7.75. The van der Waals surface area contributed by atoms with Crippen LogP contribution < -0.4 is 15.7 Å². The maximum absolute atomic E-state index is 12.8. The molecule has 1 fully saturated rings. The van der Waals surface area contributed by atoms with Gasteiger partial charge in [-0.05, 0) is 55.8 Å². The Morgan fingerprint density at radius 2 is 2.14 bits per heavy atom. The monoisotopic (exact) mass is 523 g/mol. The number of rotatable bonds is 10. The molecule has 0 aliphatic carbocycles. The lowest BCUT2D eigenvalue weighted by molar-refractivity contribution is -0.829. The van der Waals surface area contributed by atoms with Crippen LogP contribution in [0.25, 0.3) is 0 Å². The Hall–Kier alpha value is -3.40. The number of piperidine rings is 1. The van der Waals surface area contributed by atoms with Crippen LogP contribution in [-0.2, 0) is 16.0 Å². The summed E-state index contributed by atoms with van der Waals surface area (Å²) in [5.74, 6) is -0.0995. The SMILES string of the molecule is C=CC1=C(/C=C\C)N(C2CCN(c3ccc(C(=O)NCCc4cccs4)cc3[NH2+]OC)CC2)C(=O)OC1. The van der Waals surface area contributed by atoms with Gasteiger partial charge < -0.3 is 15.0 Å². The molecule has 3 heterocycles. The van der Waals surface area contributed by atoms with E-state index in [1.807, 2.05) is 48.7 Å². The summed E-state index contributed by atoms with van der Waals surface area (Å²) >= 11 is 1.69. The number of cyclic esters (lactones) is 1. The third kappa shape index (κ3) is 6.30. The lowest BCUT2D eigenvalue weighted by Gasteiger charge is -2.41. The van der Waals surface area contributed by atoms with E-state index in [1.165, 1.54) is 4.88 Å². The van der Waals surface area contributed by atoms with Crippen molar-refractivity contribution in [2.24, 2.45) is 0 Å². The van der Waals surface area contributed by atoms with E-state index in [4.69, 9.17) is 9.57 Å². The van der Waals surface area contributed by atoms with Crippen molar-refractivity contribution in [1.29, 1.82) is 0 Å². The van der Waals surface area contributed by atoms with Gasteiger partial charge in [0.25, 0.3) is 5.91 Å². The van der Waals surface area contributed by atoms with Crippen molar-refractivity contribution < 1.29 is 24.6 Å². The smallest absolute Gasteiger partial charge is 0.414 e. The second-order valence-corrected chi connectivity index (χ2v) is 10.0. The van der Waals surface area contributed by atoms with Gasteiger partial charge in [-0.2, -0.15) is 5.48 Å². The molecule has 1 aromatic carbocycles. The van der Waals surface area contributed by atoms with Gasteiger partial charge in [-0.3, -0.25) is 9.69 Å². The number of thiophene rings is 1. The first-order valence-corrected chi connectivity index (χ1v) is 13.4. The molecular weight excluding hydrogens is 488 g/mol. The lowest BCUT2D eigenvalue weighted by Crippen LogP contribution is -2.76. The zero-order valence-corrected chi connectivity index (χ0v) is 22.3. The fraction of sp³-hybridized carbons (Fsp3) is 0.357. The van der Waals surface area contributed by atoms with Crippen LogP contribution >= 0.6 is 11.3 Å². The summed E-state index contributed by atoms with van der Waals surface area (Å²) in [7, 11) is 1.61. The normalized spacial score (nSPS) is 16.9. The highest BCUT2D eigenvalue weighted by Gasteiger charge is 2.35. The van der Waals surface area contributed by atoms with Gasteiger partial charge in [0, 0.05) is 47.8 Å². The third-order valence-electron chi connectivity index (χ3n) is 6.65. The van der Waals surface area contributed by atoms with Crippen molar-refractivity contribution in [3.63, 3.8) is 0 Å². The van der Waals surface area contributed by atoms with Crippen LogP contribution in [0.3, 0.4) is 0 Å². The molecule has 37 heavy (non-hydrogen) atoms. The van der Waals surface area contributed by atoms with Gasteiger partial charge in [0.1, 0.15) is 12.3 Å². The summed E-state index contributed by atoms with van der Waals surface area (Å²) in [5.41, 5.74) is 5.92. The molecule has 4 rings (SSSR count). The predicted molar refractivity (Wildman–Crippen MR) is 146 cm³/mol. The Morgan fingerprint density at radius 3 is 2.81 bits per heavy atom. The van der Waals surface area contributed by atoms with E-state index < -0.39 is 0 Å². The van der Waals surface area contributed by atoms with E-state index >= 15 is 0 Å². The average molecular weight is 524 g/mol. The number of carbonyl (C=O) groups excluding carboxylic acids is 2. The molecule has 0 spiro atoms. The van der Waals surface area contributed by atoms with Crippen molar-refractivity contribution in [2.75, 3.05) is 38.3 Å². The zero-order valence-electron chi connectivity index (χ0n) is 21.4. The largest absolute Gasteiger partial charge is 0.444 e. The van der Waals surface area contributed by atoms with Crippen LogP contribution in [0.4, 0.5) is 16.2 Å².